The molecule has 11 heteroatoms. The highest BCUT2D eigenvalue weighted by Crippen LogP contribution is 2.21. The van der Waals surface area contributed by atoms with Gasteiger partial charge in [-0.15, -0.1) is 0 Å². The van der Waals surface area contributed by atoms with Crippen molar-refractivity contribution in [3.63, 3.8) is 0 Å². The Bertz CT molecular complexity index is 748. The van der Waals surface area contributed by atoms with Crippen LogP contribution in [-0.2, 0) is 23.8 Å². The lowest BCUT2D eigenvalue weighted by molar-refractivity contribution is -0.162. The molecule has 2 unspecified atom stereocenters. The van der Waals surface area contributed by atoms with Gasteiger partial charge in [0.05, 0.1) is 12.9 Å². The minimum Gasteiger partial charge on any atom is -0.463 e. The van der Waals surface area contributed by atoms with Crippen LogP contribution in [0.15, 0.2) is 12.7 Å². The smallest absolute Gasteiger partial charge is 0.302 e. The number of hydrogen-bond acceptors (Lipinski definition) is 10. The van der Waals surface area contributed by atoms with Gasteiger partial charge < -0.3 is 25.1 Å². The van der Waals surface area contributed by atoms with Crippen molar-refractivity contribution >= 4 is 28.9 Å². The Balaban J connectivity index is 2.26. The lowest BCUT2D eigenvalue weighted by Gasteiger charge is -2.24. The molecule has 2 aromatic rings. The molecule has 0 amide bonds. The summed E-state index contributed by atoms with van der Waals surface area (Å²) in [4.78, 5) is 34.1. The highest BCUT2D eigenvalue weighted by atomic mass is 16.6. The number of nitrogens with zero attached hydrogens (tertiary/aromatic N) is 4. The van der Waals surface area contributed by atoms with Gasteiger partial charge in [-0.3, -0.25) is 14.2 Å². The second-order valence-corrected chi connectivity index (χ2v) is 5.08. The molecule has 2 atom stereocenters. The van der Waals surface area contributed by atoms with Crippen LogP contribution >= 0.6 is 0 Å². The summed E-state index contributed by atoms with van der Waals surface area (Å²) in [6.07, 6.45) is 0.975. The maximum atomic E-state index is 11.1. The number of aliphatic hydroxyl groups excluding tert-OH is 1. The van der Waals surface area contributed by atoms with E-state index in [4.69, 9.17) is 19.9 Å². The average molecular weight is 353 g/mol. The fourth-order valence-electron chi connectivity index (χ4n) is 2.02. The van der Waals surface area contributed by atoms with E-state index in [2.05, 4.69) is 15.0 Å². The van der Waals surface area contributed by atoms with Gasteiger partial charge in [0.25, 0.3) is 0 Å². The zero-order chi connectivity index (χ0) is 18.4. The van der Waals surface area contributed by atoms with Gasteiger partial charge in [-0.25, -0.2) is 15.0 Å². The number of fused-ring (bicyclic) bond motifs is 1. The Kier molecular flexibility index (Phi) is 6.19. The Hall–Kier alpha value is -2.79. The standard InChI is InChI=1S/C14H19N5O6/c1-8(21)23-4-10(3-20)25-11(5-24-9(2)22)19-7-18-12-13(15)16-6-17-14(12)19/h6-7,10-11,20H,3-5H2,1-2H3,(H2,15,16,17). The first-order chi connectivity index (χ1) is 11.9. The number of carbonyl (C=O) groups is 2. The molecule has 0 radical (unpaired) electrons. The maximum Gasteiger partial charge on any atom is 0.302 e. The van der Waals surface area contributed by atoms with Crippen LogP contribution in [0.3, 0.4) is 0 Å². The number of aliphatic hydroxyl groups is 1. The molecule has 0 aliphatic heterocycles. The predicted octanol–water partition coefficient (Wildman–Crippen LogP) is -0.589. The summed E-state index contributed by atoms with van der Waals surface area (Å²) in [5, 5.41) is 9.43. The summed E-state index contributed by atoms with van der Waals surface area (Å²) in [5.41, 5.74) is 6.48. The largest absolute Gasteiger partial charge is 0.463 e. The van der Waals surface area contributed by atoms with E-state index in [-0.39, 0.29) is 19.0 Å². The fourth-order valence-corrected chi connectivity index (χ4v) is 2.02. The van der Waals surface area contributed by atoms with Crippen LogP contribution in [0.4, 0.5) is 5.82 Å². The van der Waals surface area contributed by atoms with E-state index in [1.165, 1.54) is 31.1 Å². The maximum absolute atomic E-state index is 11.1. The first-order valence-electron chi connectivity index (χ1n) is 7.38. The summed E-state index contributed by atoms with van der Waals surface area (Å²) in [6, 6.07) is 0. The number of aromatic nitrogens is 4. The highest BCUT2D eigenvalue weighted by molar-refractivity contribution is 5.81. The molecule has 25 heavy (non-hydrogen) atoms. The number of imidazole rings is 1. The van der Waals surface area contributed by atoms with Crippen molar-refractivity contribution in [1.29, 1.82) is 0 Å². The number of rotatable bonds is 8. The molecule has 0 aromatic carbocycles. The van der Waals surface area contributed by atoms with Gasteiger partial charge >= 0.3 is 11.9 Å². The third-order valence-electron chi connectivity index (χ3n) is 3.15. The van der Waals surface area contributed by atoms with Crippen LogP contribution < -0.4 is 5.73 Å². The molecule has 0 aliphatic rings. The number of hydrogen-bond donors (Lipinski definition) is 2. The molecule has 0 fully saturated rings. The van der Waals surface area contributed by atoms with E-state index in [1.807, 2.05) is 0 Å². The van der Waals surface area contributed by atoms with Gasteiger partial charge in [0.1, 0.15) is 31.2 Å². The number of nitrogens with two attached hydrogens (primary N) is 1. The second-order valence-electron chi connectivity index (χ2n) is 5.08. The first kappa shape index (κ1) is 18.5. The Labute approximate surface area is 142 Å². The lowest BCUT2D eigenvalue weighted by Crippen LogP contribution is -2.31. The molecule has 2 heterocycles. The van der Waals surface area contributed by atoms with E-state index >= 15 is 0 Å². The second kappa shape index (κ2) is 8.35. The van der Waals surface area contributed by atoms with Crippen molar-refractivity contribution < 1.29 is 28.9 Å². The number of ether oxygens (including phenoxy) is 3. The quantitative estimate of drug-likeness (QED) is 0.589. The fraction of sp³-hybridized carbons (Fsp3) is 0.500. The van der Waals surface area contributed by atoms with E-state index in [9.17, 15) is 14.7 Å². The Morgan fingerprint density at radius 2 is 1.88 bits per heavy atom. The minimum absolute atomic E-state index is 0.161. The summed E-state index contributed by atoms with van der Waals surface area (Å²) >= 11 is 0. The van der Waals surface area contributed by atoms with Crippen molar-refractivity contribution in [1.82, 2.24) is 19.5 Å². The van der Waals surface area contributed by atoms with Gasteiger partial charge in [0.15, 0.2) is 17.7 Å². The van der Waals surface area contributed by atoms with Crippen molar-refractivity contribution in [2.75, 3.05) is 25.6 Å². The number of carbonyl (C=O) groups excluding carboxylic acids is 2. The minimum atomic E-state index is -0.865. The Morgan fingerprint density at radius 3 is 2.52 bits per heavy atom. The summed E-state index contributed by atoms with van der Waals surface area (Å²) in [5.74, 6) is -0.825. The topological polar surface area (TPSA) is 152 Å². The highest BCUT2D eigenvalue weighted by Gasteiger charge is 2.23. The number of esters is 2. The molecule has 0 spiro atoms. The predicted molar refractivity (Wildman–Crippen MR) is 84.0 cm³/mol. The van der Waals surface area contributed by atoms with Crippen LogP contribution in [0.5, 0.6) is 0 Å². The third kappa shape index (κ3) is 4.84. The van der Waals surface area contributed by atoms with E-state index in [0.29, 0.717) is 11.2 Å². The van der Waals surface area contributed by atoms with E-state index in [1.54, 1.807) is 0 Å². The van der Waals surface area contributed by atoms with Crippen LogP contribution in [-0.4, -0.2) is 62.5 Å². The molecular weight excluding hydrogens is 334 g/mol. The molecule has 0 aliphatic carbocycles. The zero-order valence-electron chi connectivity index (χ0n) is 13.8. The molecule has 0 saturated heterocycles. The normalized spacial score (nSPS) is 13.4. The molecule has 2 aromatic heterocycles. The Morgan fingerprint density at radius 1 is 1.20 bits per heavy atom. The monoisotopic (exact) mass is 353 g/mol. The van der Waals surface area contributed by atoms with Gasteiger partial charge in [-0.05, 0) is 0 Å². The van der Waals surface area contributed by atoms with Crippen molar-refractivity contribution in [3.8, 4) is 0 Å². The van der Waals surface area contributed by atoms with Crippen LogP contribution in [0, 0.1) is 0 Å². The molecule has 0 bridgehead atoms. The van der Waals surface area contributed by atoms with Crippen molar-refractivity contribution in [2.24, 2.45) is 0 Å². The molecule has 11 nitrogen and oxygen atoms in total. The molecule has 3 N–H and O–H groups in total. The van der Waals surface area contributed by atoms with Gasteiger partial charge in [0, 0.05) is 13.8 Å². The first-order valence-corrected chi connectivity index (χ1v) is 7.38. The number of nitrogen functional groups attached to an aromatic ring is 1. The third-order valence-corrected chi connectivity index (χ3v) is 3.15. The SMILES string of the molecule is CC(=O)OCC(CO)OC(COC(C)=O)n1cnc2c(N)ncnc21. The summed E-state index contributed by atoms with van der Waals surface area (Å²) in [6.45, 7) is 1.76. The van der Waals surface area contributed by atoms with Gasteiger partial charge in [0.2, 0.25) is 0 Å². The van der Waals surface area contributed by atoms with Gasteiger partial charge in [-0.1, -0.05) is 0 Å². The lowest BCUT2D eigenvalue weighted by atomic mass is 10.4. The number of anilines is 1. The summed E-state index contributed by atoms with van der Waals surface area (Å²) < 4.78 is 17.0. The van der Waals surface area contributed by atoms with Crippen LogP contribution in [0.25, 0.3) is 11.2 Å². The summed E-state index contributed by atoms with van der Waals surface area (Å²) in [7, 11) is 0. The molecular formula is C14H19N5O6. The van der Waals surface area contributed by atoms with E-state index in [0.717, 1.165) is 0 Å². The van der Waals surface area contributed by atoms with Crippen LogP contribution in [0.2, 0.25) is 0 Å². The van der Waals surface area contributed by atoms with Gasteiger partial charge in [-0.2, -0.15) is 0 Å². The molecule has 0 saturated carbocycles. The molecule has 2 rings (SSSR count). The van der Waals surface area contributed by atoms with Crippen molar-refractivity contribution in [2.45, 2.75) is 26.2 Å². The van der Waals surface area contributed by atoms with Crippen LogP contribution in [0.1, 0.15) is 20.1 Å². The molecule has 136 valence electrons. The average Bonchev–Trinajstić information content (AvgIpc) is 2.99. The van der Waals surface area contributed by atoms with E-state index < -0.39 is 30.9 Å². The van der Waals surface area contributed by atoms with Crippen molar-refractivity contribution in [3.05, 3.63) is 12.7 Å². The zero-order valence-corrected chi connectivity index (χ0v) is 13.8.